The summed E-state index contributed by atoms with van der Waals surface area (Å²) in [4.78, 5) is 2.38. The Morgan fingerprint density at radius 2 is 0.968 bits per heavy atom. The van der Waals surface area contributed by atoms with Crippen LogP contribution in [0.1, 0.15) is 16.7 Å². The fourth-order valence-corrected chi connectivity index (χ4v) is 4.52. The van der Waals surface area contributed by atoms with E-state index in [-0.39, 0.29) is 0 Å². The molecule has 154 valence electrons. The van der Waals surface area contributed by atoms with Gasteiger partial charge in [-0.1, -0.05) is 84.6 Å². The lowest BCUT2D eigenvalue weighted by molar-refractivity contribution is 0.414. The van der Waals surface area contributed by atoms with Gasteiger partial charge in [0, 0.05) is 15.4 Å². The van der Waals surface area contributed by atoms with Crippen LogP contribution in [-0.4, -0.2) is 14.2 Å². The summed E-state index contributed by atoms with van der Waals surface area (Å²) in [6.07, 6.45) is 0. The van der Waals surface area contributed by atoms with Crippen LogP contribution in [0.25, 0.3) is 10.5 Å². The monoisotopic (exact) mass is 424 g/mol. The van der Waals surface area contributed by atoms with Crippen molar-refractivity contribution in [2.75, 3.05) is 14.2 Å². The Balaban J connectivity index is 1.95. The fourth-order valence-electron chi connectivity index (χ4n) is 3.39. The van der Waals surface area contributed by atoms with Crippen molar-refractivity contribution in [1.82, 2.24) is 0 Å². The molecule has 0 aliphatic rings. The van der Waals surface area contributed by atoms with Gasteiger partial charge in [0.1, 0.15) is 11.5 Å². The van der Waals surface area contributed by atoms with Crippen LogP contribution in [0.3, 0.4) is 0 Å². The number of thioether (sulfide) groups is 1. The molecule has 4 rings (SSSR count). The van der Waals surface area contributed by atoms with Crippen LogP contribution in [0, 0.1) is 0 Å². The molecule has 3 heteroatoms. The maximum Gasteiger partial charge on any atom is 0.118 e. The Morgan fingerprint density at radius 1 is 0.516 bits per heavy atom. The third-order valence-corrected chi connectivity index (χ3v) is 6.14. The molecule has 2 nitrogen and oxygen atoms in total. The van der Waals surface area contributed by atoms with Crippen molar-refractivity contribution in [2.45, 2.75) is 4.90 Å². The lowest BCUT2D eigenvalue weighted by atomic mass is 9.95. The summed E-state index contributed by atoms with van der Waals surface area (Å²) in [5, 5.41) is 0. The highest BCUT2D eigenvalue weighted by Crippen LogP contribution is 2.43. The second kappa shape index (κ2) is 10.1. The number of hydrogen-bond donors (Lipinski definition) is 0. The Bertz CT molecular complexity index is 1130. The molecule has 0 atom stereocenters. The van der Waals surface area contributed by atoms with Crippen LogP contribution in [-0.2, 0) is 0 Å². The van der Waals surface area contributed by atoms with Crippen LogP contribution in [0.15, 0.2) is 114 Å². The molecular weight excluding hydrogens is 400 g/mol. The van der Waals surface area contributed by atoms with Crippen molar-refractivity contribution in [3.05, 3.63) is 126 Å². The number of benzene rings is 4. The number of methoxy groups -OCH3 is 2. The van der Waals surface area contributed by atoms with Gasteiger partial charge in [0.25, 0.3) is 0 Å². The third kappa shape index (κ3) is 5.01. The first-order chi connectivity index (χ1) is 15.3. The molecule has 0 fully saturated rings. The molecule has 4 aromatic carbocycles. The van der Waals surface area contributed by atoms with Crippen LogP contribution in [0.2, 0.25) is 0 Å². The molecule has 0 saturated carbocycles. The normalized spacial score (nSPS) is 11.5. The summed E-state index contributed by atoms with van der Waals surface area (Å²) >= 11 is 1.77. The van der Waals surface area contributed by atoms with Gasteiger partial charge >= 0.3 is 0 Å². The number of ether oxygens (including phenoxy) is 2. The summed E-state index contributed by atoms with van der Waals surface area (Å²) in [6, 6.07) is 37.5. The van der Waals surface area contributed by atoms with Gasteiger partial charge in [-0.15, -0.1) is 0 Å². The van der Waals surface area contributed by atoms with Gasteiger partial charge in [-0.05, 0) is 53.1 Å². The summed E-state index contributed by atoms with van der Waals surface area (Å²) < 4.78 is 10.8. The van der Waals surface area contributed by atoms with Gasteiger partial charge in [-0.3, -0.25) is 0 Å². The lowest BCUT2D eigenvalue weighted by Crippen LogP contribution is -1.94. The van der Waals surface area contributed by atoms with Crippen molar-refractivity contribution < 1.29 is 9.47 Å². The van der Waals surface area contributed by atoms with Crippen LogP contribution in [0.5, 0.6) is 11.5 Å². The van der Waals surface area contributed by atoms with Crippen molar-refractivity contribution in [1.29, 1.82) is 0 Å². The second-order valence-corrected chi connectivity index (χ2v) is 8.03. The first kappa shape index (κ1) is 20.8. The minimum atomic E-state index is 0.845. The molecule has 0 aliphatic carbocycles. The highest BCUT2D eigenvalue weighted by atomic mass is 32.2. The van der Waals surface area contributed by atoms with Crippen molar-refractivity contribution in [3.63, 3.8) is 0 Å². The minimum Gasteiger partial charge on any atom is -0.497 e. The number of hydrogen-bond acceptors (Lipinski definition) is 3. The van der Waals surface area contributed by atoms with Crippen LogP contribution in [0.4, 0.5) is 0 Å². The van der Waals surface area contributed by atoms with E-state index in [1.807, 2.05) is 36.4 Å². The molecule has 0 heterocycles. The van der Waals surface area contributed by atoms with Crippen LogP contribution >= 0.6 is 11.8 Å². The lowest BCUT2D eigenvalue weighted by Gasteiger charge is -2.17. The van der Waals surface area contributed by atoms with Gasteiger partial charge in [-0.25, -0.2) is 0 Å². The Morgan fingerprint density at radius 3 is 1.48 bits per heavy atom. The van der Waals surface area contributed by atoms with E-state index < -0.39 is 0 Å². The Labute approximate surface area is 188 Å². The Hall–Kier alpha value is -3.43. The zero-order valence-electron chi connectivity index (χ0n) is 17.6. The van der Waals surface area contributed by atoms with Crippen molar-refractivity contribution in [2.24, 2.45) is 0 Å². The highest BCUT2D eigenvalue weighted by Gasteiger charge is 2.16. The quantitative estimate of drug-likeness (QED) is 0.227. The highest BCUT2D eigenvalue weighted by molar-refractivity contribution is 8.08. The maximum absolute atomic E-state index is 5.39. The van der Waals surface area contributed by atoms with E-state index in [4.69, 9.17) is 9.47 Å². The first-order valence-electron chi connectivity index (χ1n) is 10.1. The van der Waals surface area contributed by atoms with Crippen molar-refractivity contribution >= 4 is 22.2 Å². The average Bonchev–Trinajstić information content (AvgIpc) is 2.85. The van der Waals surface area contributed by atoms with E-state index in [1.54, 1.807) is 26.0 Å². The SMILES string of the molecule is COc1ccc(/C(Sc2ccccc2)=C(\c2ccccc2)c2ccc(OC)cc2)cc1. The third-order valence-electron chi connectivity index (χ3n) is 4.98. The molecule has 0 unspecified atom stereocenters. The van der Waals surface area contributed by atoms with E-state index >= 15 is 0 Å². The number of rotatable bonds is 7. The molecule has 0 bridgehead atoms. The van der Waals surface area contributed by atoms with Gasteiger partial charge in [0.05, 0.1) is 14.2 Å². The summed E-state index contributed by atoms with van der Waals surface area (Å²) in [5.41, 5.74) is 4.63. The summed E-state index contributed by atoms with van der Waals surface area (Å²) in [7, 11) is 3.38. The van der Waals surface area contributed by atoms with Gasteiger partial charge in [0.15, 0.2) is 0 Å². The van der Waals surface area contributed by atoms with E-state index in [0.717, 1.165) is 22.6 Å². The zero-order valence-corrected chi connectivity index (χ0v) is 18.4. The first-order valence-corrected chi connectivity index (χ1v) is 10.9. The van der Waals surface area contributed by atoms with E-state index in [9.17, 15) is 0 Å². The molecule has 0 aliphatic heterocycles. The van der Waals surface area contributed by atoms with E-state index in [0.29, 0.717) is 0 Å². The predicted molar refractivity (Wildman–Crippen MR) is 131 cm³/mol. The summed E-state index contributed by atoms with van der Waals surface area (Å²) in [6.45, 7) is 0. The molecule has 0 saturated heterocycles. The molecule has 0 amide bonds. The molecule has 0 spiro atoms. The van der Waals surface area contributed by atoms with Gasteiger partial charge in [-0.2, -0.15) is 0 Å². The van der Waals surface area contributed by atoms with Gasteiger partial charge < -0.3 is 9.47 Å². The van der Waals surface area contributed by atoms with E-state index in [2.05, 4.69) is 72.8 Å². The predicted octanol–water partition coefficient (Wildman–Crippen LogP) is 7.41. The molecule has 31 heavy (non-hydrogen) atoms. The summed E-state index contributed by atoms with van der Waals surface area (Å²) in [5.74, 6) is 1.69. The van der Waals surface area contributed by atoms with Crippen LogP contribution < -0.4 is 9.47 Å². The molecule has 0 radical (unpaired) electrons. The molecule has 0 N–H and O–H groups in total. The average molecular weight is 425 g/mol. The maximum atomic E-state index is 5.39. The smallest absolute Gasteiger partial charge is 0.118 e. The fraction of sp³-hybridized carbons (Fsp3) is 0.0714. The van der Waals surface area contributed by atoms with Gasteiger partial charge in [0.2, 0.25) is 0 Å². The van der Waals surface area contributed by atoms with Crippen molar-refractivity contribution in [3.8, 4) is 11.5 Å². The second-order valence-electron chi connectivity index (χ2n) is 6.94. The standard InChI is InChI=1S/C28H24O2S/c1-29-24-17-13-22(14-18-24)27(21-9-5-3-6-10-21)28(31-26-11-7-4-8-12-26)23-15-19-25(30-2)20-16-23/h3-20H,1-2H3/b28-27-. The molecule has 4 aromatic rings. The zero-order chi connectivity index (χ0) is 21.5. The Kier molecular flexibility index (Phi) is 6.75. The molecular formula is C28H24O2S. The largest absolute Gasteiger partial charge is 0.497 e. The van der Waals surface area contributed by atoms with E-state index in [1.165, 1.54) is 20.9 Å². The minimum absolute atomic E-state index is 0.845. The molecule has 0 aromatic heterocycles. The topological polar surface area (TPSA) is 18.5 Å².